The molecule has 5 rings (SSSR count). The molecule has 0 atom stereocenters. The molecular formula is C21H10ClF3N6O2. The molecule has 1 aromatic carbocycles. The van der Waals surface area contributed by atoms with Crippen LogP contribution in [0.2, 0.25) is 5.02 Å². The van der Waals surface area contributed by atoms with Crippen LogP contribution in [-0.2, 0) is 6.18 Å². The van der Waals surface area contributed by atoms with Crippen molar-refractivity contribution < 1.29 is 17.7 Å². The summed E-state index contributed by atoms with van der Waals surface area (Å²) in [5.74, 6) is -1.35. The molecule has 4 heterocycles. The van der Waals surface area contributed by atoms with Gasteiger partial charge < -0.3 is 4.52 Å². The molecule has 33 heavy (non-hydrogen) atoms. The average Bonchev–Trinajstić information content (AvgIpc) is 3.30. The first kappa shape index (κ1) is 20.8. The molecule has 0 N–H and O–H groups in total. The zero-order chi connectivity index (χ0) is 23.2. The minimum atomic E-state index is -4.76. The first-order valence-electron chi connectivity index (χ1n) is 9.32. The van der Waals surface area contributed by atoms with E-state index in [-0.39, 0.29) is 5.65 Å². The molecule has 0 unspecified atom stereocenters. The first-order chi connectivity index (χ1) is 15.8. The Labute approximate surface area is 187 Å². The highest BCUT2D eigenvalue weighted by Crippen LogP contribution is 2.34. The number of benzene rings is 1. The molecule has 0 saturated carbocycles. The van der Waals surface area contributed by atoms with E-state index in [2.05, 4.69) is 30.0 Å². The molecule has 0 saturated heterocycles. The lowest BCUT2D eigenvalue weighted by Crippen LogP contribution is -2.22. The lowest BCUT2D eigenvalue weighted by molar-refractivity contribution is -0.155. The molecular weight excluding hydrogens is 461 g/mol. The van der Waals surface area contributed by atoms with E-state index in [1.54, 1.807) is 48.8 Å². The first-order valence-corrected chi connectivity index (χ1v) is 9.70. The van der Waals surface area contributed by atoms with Gasteiger partial charge in [-0.25, -0.2) is 0 Å². The fraction of sp³-hybridized carbons (Fsp3) is 0.0476. The Bertz CT molecular complexity index is 1530. The molecule has 0 radical (unpaired) electrons. The molecule has 0 fully saturated rings. The van der Waals surface area contributed by atoms with Gasteiger partial charge in [-0.1, -0.05) is 28.9 Å². The summed E-state index contributed by atoms with van der Waals surface area (Å²) in [4.78, 5) is 17.1. The van der Waals surface area contributed by atoms with Gasteiger partial charge in [-0.3, -0.25) is 9.78 Å². The molecule has 12 heteroatoms. The van der Waals surface area contributed by atoms with Gasteiger partial charge in [0, 0.05) is 34.6 Å². The molecule has 4 aromatic heterocycles. The molecule has 0 aliphatic carbocycles. The van der Waals surface area contributed by atoms with E-state index in [1.165, 1.54) is 6.20 Å². The normalized spacial score (nSPS) is 11.8. The van der Waals surface area contributed by atoms with Gasteiger partial charge in [0.25, 0.3) is 0 Å². The number of alkyl halides is 3. The number of halogens is 4. The van der Waals surface area contributed by atoms with Crippen molar-refractivity contribution in [2.45, 2.75) is 6.18 Å². The Morgan fingerprint density at radius 1 is 0.970 bits per heavy atom. The largest absolute Gasteiger partial charge is 0.452 e. The standard InChI is InChI=1S/C21H10ClF3N6O2/c22-13-3-1-11(2-4-13)14-10-27-31-19(17(14)12-5-7-26-8-6-12)29-28-18(20(31)32)15-9-16(33-30-15)21(23,24)25/h1-10H. The van der Waals surface area contributed by atoms with Crippen LogP contribution < -0.4 is 5.56 Å². The Morgan fingerprint density at radius 2 is 1.70 bits per heavy atom. The van der Waals surface area contributed by atoms with Crippen LogP contribution in [-0.4, -0.2) is 30.0 Å². The fourth-order valence-electron chi connectivity index (χ4n) is 3.28. The second kappa shape index (κ2) is 7.78. The third-order valence-electron chi connectivity index (χ3n) is 4.79. The SMILES string of the molecule is O=c1c(-c2cc(C(F)(F)F)on2)nnc2c(-c3ccncc3)c(-c3ccc(Cl)cc3)cnn12. The summed E-state index contributed by atoms with van der Waals surface area (Å²) in [6.07, 6.45) is -0.146. The number of fused-ring (bicyclic) bond motifs is 1. The van der Waals surface area contributed by atoms with Crippen molar-refractivity contribution in [3.63, 3.8) is 0 Å². The third-order valence-corrected chi connectivity index (χ3v) is 5.04. The second-order valence-electron chi connectivity index (χ2n) is 6.84. The van der Waals surface area contributed by atoms with E-state index in [9.17, 15) is 18.0 Å². The van der Waals surface area contributed by atoms with Crippen LogP contribution in [0, 0.1) is 0 Å². The Morgan fingerprint density at radius 3 is 2.36 bits per heavy atom. The van der Waals surface area contributed by atoms with Crippen molar-refractivity contribution in [3.8, 4) is 33.6 Å². The summed E-state index contributed by atoms with van der Waals surface area (Å²) in [5.41, 5.74) is 1.06. The smallest absolute Gasteiger partial charge is 0.351 e. The van der Waals surface area contributed by atoms with Crippen LogP contribution >= 0.6 is 11.6 Å². The highest BCUT2D eigenvalue weighted by molar-refractivity contribution is 6.30. The lowest BCUT2D eigenvalue weighted by Gasteiger charge is -2.12. The summed E-state index contributed by atoms with van der Waals surface area (Å²) in [6.45, 7) is 0. The molecule has 5 aromatic rings. The Hall–Kier alpha value is -4.12. The van der Waals surface area contributed by atoms with E-state index < -0.39 is 28.9 Å². The lowest BCUT2D eigenvalue weighted by atomic mass is 9.98. The van der Waals surface area contributed by atoms with Crippen LogP contribution in [0.5, 0.6) is 0 Å². The van der Waals surface area contributed by atoms with Gasteiger partial charge in [0.2, 0.25) is 5.76 Å². The van der Waals surface area contributed by atoms with Gasteiger partial charge >= 0.3 is 11.7 Å². The van der Waals surface area contributed by atoms with Crippen LogP contribution in [0.3, 0.4) is 0 Å². The quantitative estimate of drug-likeness (QED) is 0.381. The van der Waals surface area contributed by atoms with Crippen molar-refractivity contribution >= 4 is 17.2 Å². The molecule has 0 spiro atoms. The molecule has 0 bridgehead atoms. The summed E-state index contributed by atoms with van der Waals surface area (Å²) >= 11 is 6.00. The van der Waals surface area contributed by atoms with Crippen molar-refractivity contribution in [2.75, 3.05) is 0 Å². The van der Waals surface area contributed by atoms with E-state index in [4.69, 9.17) is 11.6 Å². The predicted octanol–water partition coefficient (Wildman–Crippen LogP) is 4.54. The van der Waals surface area contributed by atoms with Crippen LogP contribution in [0.4, 0.5) is 13.2 Å². The summed E-state index contributed by atoms with van der Waals surface area (Å²) in [5, 5.41) is 16.0. The number of hydrogen-bond acceptors (Lipinski definition) is 7. The second-order valence-corrected chi connectivity index (χ2v) is 7.28. The van der Waals surface area contributed by atoms with E-state index >= 15 is 0 Å². The van der Waals surface area contributed by atoms with Gasteiger partial charge in [-0.2, -0.15) is 22.8 Å². The maximum Gasteiger partial charge on any atom is 0.452 e. The summed E-state index contributed by atoms with van der Waals surface area (Å²) in [6, 6.07) is 11.0. The van der Waals surface area contributed by atoms with E-state index in [0.717, 1.165) is 10.1 Å². The zero-order valence-electron chi connectivity index (χ0n) is 16.3. The number of nitrogens with zero attached hydrogens (tertiary/aromatic N) is 6. The Balaban J connectivity index is 1.76. The van der Waals surface area contributed by atoms with Gasteiger partial charge in [0.1, 0.15) is 5.69 Å². The minimum Gasteiger partial charge on any atom is -0.351 e. The van der Waals surface area contributed by atoms with Crippen LogP contribution in [0.15, 0.2) is 70.4 Å². The molecule has 0 aliphatic rings. The number of rotatable bonds is 3. The number of aromatic nitrogens is 6. The average molecular weight is 471 g/mol. The van der Waals surface area contributed by atoms with Crippen molar-refractivity contribution in [2.24, 2.45) is 0 Å². The highest BCUT2D eigenvalue weighted by Gasteiger charge is 2.36. The summed E-state index contributed by atoms with van der Waals surface area (Å²) in [7, 11) is 0. The maximum absolute atomic E-state index is 13.1. The van der Waals surface area contributed by atoms with Gasteiger partial charge in [-0.15, -0.1) is 10.2 Å². The van der Waals surface area contributed by atoms with Gasteiger partial charge in [-0.05, 0) is 35.4 Å². The molecule has 0 amide bonds. The fourth-order valence-corrected chi connectivity index (χ4v) is 3.40. The van der Waals surface area contributed by atoms with E-state index in [1.807, 2.05) is 0 Å². The number of pyridine rings is 1. The van der Waals surface area contributed by atoms with Crippen LogP contribution in [0.25, 0.3) is 39.3 Å². The van der Waals surface area contributed by atoms with E-state index in [0.29, 0.717) is 27.8 Å². The van der Waals surface area contributed by atoms with Gasteiger partial charge in [0.05, 0.1) is 6.20 Å². The monoisotopic (exact) mass is 470 g/mol. The molecule has 0 aliphatic heterocycles. The van der Waals surface area contributed by atoms with Gasteiger partial charge in [0.15, 0.2) is 11.3 Å². The highest BCUT2D eigenvalue weighted by atomic mass is 35.5. The summed E-state index contributed by atoms with van der Waals surface area (Å²) < 4.78 is 43.8. The third kappa shape index (κ3) is 3.72. The predicted molar refractivity (Wildman–Crippen MR) is 111 cm³/mol. The number of hydrogen-bond donors (Lipinski definition) is 0. The molecule has 8 nitrogen and oxygen atoms in total. The maximum atomic E-state index is 13.1. The minimum absolute atomic E-state index is 0.0990. The topological polar surface area (TPSA) is 99.1 Å². The zero-order valence-corrected chi connectivity index (χ0v) is 17.0. The van der Waals surface area contributed by atoms with Crippen LogP contribution in [0.1, 0.15) is 5.76 Å². The van der Waals surface area contributed by atoms with Crippen molar-refractivity contribution in [1.82, 2.24) is 30.0 Å². The van der Waals surface area contributed by atoms with Crippen molar-refractivity contribution in [1.29, 1.82) is 0 Å². The molecule has 164 valence electrons. The van der Waals surface area contributed by atoms with Crippen molar-refractivity contribution in [3.05, 3.63) is 82.2 Å². The Kier molecular flexibility index (Phi) is 4.90.